The Balaban J connectivity index is 1.64. The molecule has 38 heavy (non-hydrogen) atoms. The molecule has 6 nitrogen and oxygen atoms in total. The number of thioether (sulfide) groups is 1. The molecule has 0 amide bonds. The number of hydrogen-bond donors (Lipinski definition) is 0. The number of ether oxygens (including phenoxy) is 1. The van der Waals surface area contributed by atoms with Gasteiger partial charge in [-0.2, -0.15) is 0 Å². The van der Waals surface area contributed by atoms with Crippen molar-refractivity contribution in [2.24, 2.45) is 4.99 Å². The van der Waals surface area contributed by atoms with Gasteiger partial charge in [0.05, 0.1) is 28.5 Å². The van der Waals surface area contributed by atoms with Crippen LogP contribution in [-0.2, 0) is 9.53 Å². The smallest absolute Gasteiger partial charge is 0.338 e. The third-order valence-corrected chi connectivity index (χ3v) is 8.95. The van der Waals surface area contributed by atoms with Crippen LogP contribution in [0, 0.1) is 0 Å². The molecular weight excluding hydrogens is 652 g/mol. The molecule has 10 heteroatoms. The van der Waals surface area contributed by atoms with Crippen LogP contribution in [0.25, 0.3) is 17.4 Å². The average molecular weight is 674 g/mol. The lowest BCUT2D eigenvalue weighted by atomic mass is 9.96. The molecule has 0 N–H and O–H groups in total. The van der Waals surface area contributed by atoms with Crippen molar-refractivity contribution in [3.63, 3.8) is 0 Å². The van der Waals surface area contributed by atoms with Crippen LogP contribution in [0.5, 0.6) is 0 Å². The molecule has 194 valence electrons. The summed E-state index contributed by atoms with van der Waals surface area (Å²) in [6, 6.07) is 16.8. The van der Waals surface area contributed by atoms with E-state index in [1.54, 1.807) is 36.3 Å². The van der Waals surface area contributed by atoms with Gasteiger partial charge >= 0.3 is 5.97 Å². The van der Waals surface area contributed by atoms with E-state index in [0.717, 1.165) is 25.0 Å². The fraction of sp³-hybridized carbons (Fsp3) is 0.179. The van der Waals surface area contributed by atoms with E-state index in [1.807, 2.05) is 60.9 Å². The Morgan fingerprint density at radius 2 is 1.95 bits per heavy atom. The molecule has 0 saturated heterocycles. The van der Waals surface area contributed by atoms with Crippen molar-refractivity contribution in [2.75, 3.05) is 12.9 Å². The number of fused-ring (bicyclic) bond motifs is 1. The molecule has 4 aromatic rings. The number of allylic oxidation sites excluding steroid dienone is 1. The van der Waals surface area contributed by atoms with E-state index in [2.05, 4.69) is 36.9 Å². The lowest BCUT2D eigenvalue weighted by Crippen LogP contribution is -2.39. The predicted octanol–water partition coefficient (Wildman–Crippen LogP) is 6.31. The minimum atomic E-state index is -0.645. The fourth-order valence-electron chi connectivity index (χ4n) is 4.28. The molecule has 0 bridgehead atoms. The van der Waals surface area contributed by atoms with Crippen molar-refractivity contribution in [2.45, 2.75) is 24.8 Å². The average Bonchev–Trinajstić information content (AvgIpc) is 3.49. The molecule has 0 fully saturated rings. The molecular formula is C28H22Br2N2O4S2. The topological polar surface area (TPSA) is 73.8 Å². The molecule has 2 aromatic heterocycles. The maximum absolute atomic E-state index is 13.8. The van der Waals surface area contributed by atoms with Crippen molar-refractivity contribution >= 4 is 67.0 Å². The zero-order valence-corrected chi connectivity index (χ0v) is 25.5. The highest BCUT2D eigenvalue weighted by Gasteiger charge is 2.33. The van der Waals surface area contributed by atoms with Crippen LogP contribution in [0.4, 0.5) is 0 Å². The van der Waals surface area contributed by atoms with Gasteiger partial charge in [0, 0.05) is 25.5 Å². The number of carbonyl (C=O) groups excluding carboxylic acids is 1. The van der Waals surface area contributed by atoms with Crippen LogP contribution in [0.3, 0.4) is 0 Å². The lowest BCUT2D eigenvalue weighted by molar-refractivity contribution is -0.139. The number of aromatic nitrogens is 1. The lowest BCUT2D eigenvalue weighted by Gasteiger charge is -2.24. The van der Waals surface area contributed by atoms with E-state index in [1.165, 1.54) is 11.3 Å². The second-order valence-electron chi connectivity index (χ2n) is 8.40. The van der Waals surface area contributed by atoms with Gasteiger partial charge in [-0.15, -0.1) is 11.8 Å². The summed E-state index contributed by atoms with van der Waals surface area (Å²) < 4.78 is 15.3. The Bertz CT molecular complexity index is 1750. The summed E-state index contributed by atoms with van der Waals surface area (Å²) >= 11 is 9.96. The standard InChI is InChI=1S/C28H22Br2N2O4S2/c1-4-35-27(34)24-15(2)31-28-32(25(24)16-5-9-19(37-3)10-6-16)26(33)23(38-28)14-18-8-12-22(36-18)20-13-17(29)7-11-21(20)30/h5-14,25H,4H2,1-3H3/b23-14+/t25-/m1/s1. The third kappa shape index (κ3) is 5.14. The van der Waals surface area contributed by atoms with Gasteiger partial charge in [0.25, 0.3) is 5.56 Å². The number of esters is 1. The molecule has 2 aromatic carbocycles. The number of furan rings is 1. The Morgan fingerprint density at radius 1 is 1.18 bits per heavy atom. The van der Waals surface area contributed by atoms with E-state index in [0.29, 0.717) is 32.1 Å². The number of benzene rings is 2. The third-order valence-electron chi connectivity index (χ3n) is 6.04. The molecule has 0 radical (unpaired) electrons. The molecule has 1 aliphatic heterocycles. The largest absolute Gasteiger partial charge is 0.463 e. The van der Waals surface area contributed by atoms with Gasteiger partial charge in [-0.1, -0.05) is 55.3 Å². The van der Waals surface area contributed by atoms with Gasteiger partial charge in [0.1, 0.15) is 11.5 Å². The second-order valence-corrected chi connectivity index (χ2v) is 12.1. The summed E-state index contributed by atoms with van der Waals surface area (Å²) in [6.45, 7) is 3.77. The van der Waals surface area contributed by atoms with Crippen LogP contribution in [0.1, 0.15) is 31.2 Å². The van der Waals surface area contributed by atoms with Gasteiger partial charge in [-0.25, -0.2) is 9.79 Å². The Morgan fingerprint density at radius 3 is 2.66 bits per heavy atom. The summed E-state index contributed by atoms with van der Waals surface area (Å²) in [6.07, 6.45) is 3.72. The quantitative estimate of drug-likeness (QED) is 0.177. The zero-order chi connectivity index (χ0) is 27.0. The number of rotatable bonds is 6. The number of halogens is 2. The molecule has 5 rings (SSSR count). The van der Waals surface area contributed by atoms with Gasteiger partial charge in [-0.05, 0) is 68.1 Å². The molecule has 0 unspecified atom stereocenters. The second kappa shape index (κ2) is 11.2. The summed E-state index contributed by atoms with van der Waals surface area (Å²) in [5.41, 5.74) is 2.36. The number of hydrogen-bond acceptors (Lipinski definition) is 7. The maximum atomic E-state index is 13.8. The summed E-state index contributed by atoms with van der Waals surface area (Å²) in [5, 5.41) is 0. The van der Waals surface area contributed by atoms with E-state index in [-0.39, 0.29) is 12.2 Å². The first-order chi connectivity index (χ1) is 18.3. The summed E-state index contributed by atoms with van der Waals surface area (Å²) in [4.78, 5) is 33.1. The maximum Gasteiger partial charge on any atom is 0.338 e. The van der Waals surface area contributed by atoms with Crippen molar-refractivity contribution < 1.29 is 13.9 Å². The minimum absolute atomic E-state index is 0.229. The Kier molecular flexibility index (Phi) is 7.95. The van der Waals surface area contributed by atoms with Gasteiger partial charge in [0.15, 0.2) is 4.80 Å². The molecule has 0 saturated carbocycles. The summed E-state index contributed by atoms with van der Waals surface area (Å²) in [5.74, 6) is 0.737. The zero-order valence-electron chi connectivity index (χ0n) is 20.7. The monoisotopic (exact) mass is 672 g/mol. The minimum Gasteiger partial charge on any atom is -0.463 e. The van der Waals surface area contributed by atoms with Crippen LogP contribution < -0.4 is 14.9 Å². The van der Waals surface area contributed by atoms with Crippen molar-refractivity contribution in [3.05, 3.63) is 106 Å². The van der Waals surface area contributed by atoms with Gasteiger partial charge in [0.2, 0.25) is 0 Å². The van der Waals surface area contributed by atoms with E-state index in [4.69, 9.17) is 9.15 Å². The normalized spacial score (nSPS) is 15.4. The Labute approximate surface area is 244 Å². The highest BCUT2D eigenvalue weighted by molar-refractivity contribution is 9.11. The van der Waals surface area contributed by atoms with Crippen LogP contribution >= 0.6 is 55.0 Å². The molecule has 0 aliphatic carbocycles. The first-order valence-electron chi connectivity index (χ1n) is 11.7. The number of nitrogens with zero attached hydrogens (tertiary/aromatic N) is 2. The fourth-order valence-corrected chi connectivity index (χ4v) is 6.52. The van der Waals surface area contributed by atoms with Crippen LogP contribution in [-0.4, -0.2) is 23.4 Å². The van der Waals surface area contributed by atoms with E-state index in [9.17, 15) is 9.59 Å². The molecule has 3 heterocycles. The van der Waals surface area contributed by atoms with Gasteiger partial charge < -0.3 is 9.15 Å². The van der Waals surface area contributed by atoms with Crippen LogP contribution in [0.15, 0.2) is 93.9 Å². The number of carbonyl (C=O) groups is 1. The molecule has 1 atom stereocenters. The number of thiazole rings is 1. The molecule has 1 aliphatic rings. The summed E-state index contributed by atoms with van der Waals surface area (Å²) in [7, 11) is 0. The van der Waals surface area contributed by atoms with E-state index < -0.39 is 12.0 Å². The van der Waals surface area contributed by atoms with E-state index >= 15 is 0 Å². The first kappa shape index (κ1) is 26.9. The predicted molar refractivity (Wildman–Crippen MR) is 158 cm³/mol. The Hall–Kier alpha value is -2.66. The van der Waals surface area contributed by atoms with Gasteiger partial charge in [-0.3, -0.25) is 9.36 Å². The first-order valence-corrected chi connectivity index (χ1v) is 15.3. The van der Waals surface area contributed by atoms with Crippen molar-refractivity contribution in [1.29, 1.82) is 0 Å². The SMILES string of the molecule is CCOC(=O)C1=C(C)N=c2s/c(=C/c3ccc(-c4cc(Br)ccc4Br)o3)c(=O)n2[C@@H]1c1ccc(SC)cc1. The highest BCUT2D eigenvalue weighted by Crippen LogP contribution is 2.33. The van der Waals surface area contributed by atoms with Crippen LogP contribution in [0.2, 0.25) is 0 Å². The molecule has 0 spiro atoms. The van der Waals surface area contributed by atoms with Crippen molar-refractivity contribution in [3.8, 4) is 11.3 Å². The van der Waals surface area contributed by atoms with Crippen molar-refractivity contribution in [1.82, 2.24) is 4.57 Å². The highest BCUT2D eigenvalue weighted by atomic mass is 79.9.